The molecule has 0 unspecified atom stereocenters. The fraction of sp³-hybridized carbons (Fsp3) is 0.364. The van der Waals surface area contributed by atoms with Crippen molar-refractivity contribution in [2.45, 2.75) is 22.2 Å². The minimum absolute atomic E-state index is 0.0434. The highest BCUT2D eigenvalue weighted by molar-refractivity contribution is 9.09. The van der Waals surface area contributed by atoms with Gasteiger partial charge in [-0.2, -0.15) is 13.2 Å². The minimum atomic E-state index is -4.39. The van der Waals surface area contributed by atoms with Gasteiger partial charge in [-0.05, 0) is 29.5 Å². The van der Waals surface area contributed by atoms with Gasteiger partial charge in [0.05, 0.1) is 0 Å². The summed E-state index contributed by atoms with van der Waals surface area (Å²) in [4.78, 5) is 11.8. The first-order chi connectivity index (χ1) is 8.37. The average molecular weight is 406 g/mol. The normalized spacial score (nSPS) is 11.6. The summed E-state index contributed by atoms with van der Waals surface area (Å²) >= 11 is 6.08. The second-order valence-corrected chi connectivity index (χ2v) is 5.83. The Morgan fingerprint density at radius 2 is 1.94 bits per heavy atom. The molecule has 0 heterocycles. The molecule has 100 valence electrons. The zero-order valence-electron chi connectivity index (χ0n) is 9.06. The van der Waals surface area contributed by atoms with Gasteiger partial charge in [-0.3, -0.25) is 4.79 Å². The fourth-order valence-corrected chi connectivity index (χ4v) is 2.69. The third-order valence-electron chi connectivity index (χ3n) is 2.05. The van der Waals surface area contributed by atoms with E-state index in [1.807, 2.05) is 0 Å². The van der Waals surface area contributed by atoms with Gasteiger partial charge in [0.2, 0.25) is 0 Å². The number of benzene rings is 1. The Bertz CT molecular complexity index is 435. The number of hydrogen-bond donors (Lipinski definition) is 0. The maximum atomic E-state index is 12.4. The van der Waals surface area contributed by atoms with Crippen molar-refractivity contribution in [2.24, 2.45) is 0 Å². The molecule has 0 aliphatic carbocycles. The molecule has 0 aliphatic heterocycles. The first-order valence-electron chi connectivity index (χ1n) is 4.91. The number of halogens is 5. The lowest BCUT2D eigenvalue weighted by molar-refractivity contribution is -0.0328. The summed E-state index contributed by atoms with van der Waals surface area (Å²) in [6.07, 6.45) is 0.178. The average Bonchev–Trinajstić information content (AvgIpc) is 2.27. The first kappa shape index (κ1) is 16.0. The molecule has 0 N–H and O–H groups in total. The van der Waals surface area contributed by atoms with E-state index in [4.69, 9.17) is 0 Å². The maximum Gasteiger partial charge on any atom is 0.446 e. The van der Waals surface area contributed by atoms with Crippen LogP contribution >= 0.6 is 43.6 Å². The smallest absolute Gasteiger partial charge is 0.294 e. The highest BCUT2D eigenvalue weighted by Gasteiger charge is 2.31. The van der Waals surface area contributed by atoms with Gasteiger partial charge in [-0.25, -0.2) is 0 Å². The molecule has 0 saturated heterocycles. The van der Waals surface area contributed by atoms with Gasteiger partial charge in [0.25, 0.3) is 0 Å². The summed E-state index contributed by atoms with van der Waals surface area (Å²) in [5.74, 6) is -0.290. The highest BCUT2D eigenvalue weighted by atomic mass is 79.9. The topological polar surface area (TPSA) is 17.1 Å². The highest BCUT2D eigenvalue weighted by Crippen LogP contribution is 2.39. The number of alkyl halides is 5. The summed E-state index contributed by atoms with van der Waals surface area (Å²) in [6, 6.07) is 4.43. The molecule has 1 aromatic carbocycles. The SMILES string of the molecule is O=C(CCBr)c1cc(CBr)ccc1SC(F)(F)F. The standard InChI is InChI=1S/C11H9Br2F3OS/c12-4-3-9(17)8-5-7(6-13)1-2-10(8)18-11(14,15)16/h1-2,5H,3-4,6H2. The summed E-state index contributed by atoms with van der Waals surface area (Å²) in [5, 5.41) is 0.930. The largest absolute Gasteiger partial charge is 0.446 e. The third kappa shape index (κ3) is 4.93. The molecular formula is C11H9Br2F3OS. The fourth-order valence-electron chi connectivity index (χ4n) is 1.31. The second-order valence-electron chi connectivity index (χ2n) is 3.37. The van der Waals surface area contributed by atoms with Crippen LogP contribution in [-0.4, -0.2) is 16.6 Å². The Labute approximate surface area is 124 Å². The summed E-state index contributed by atoms with van der Waals surface area (Å²) < 4.78 is 37.2. The van der Waals surface area contributed by atoms with Crippen LogP contribution in [0, 0.1) is 0 Å². The Balaban J connectivity index is 3.12. The molecule has 0 amide bonds. The monoisotopic (exact) mass is 404 g/mol. The van der Waals surface area contributed by atoms with Crippen molar-refractivity contribution < 1.29 is 18.0 Å². The summed E-state index contributed by atoms with van der Waals surface area (Å²) in [6.45, 7) is 0. The van der Waals surface area contributed by atoms with Gasteiger partial charge >= 0.3 is 5.51 Å². The molecule has 7 heteroatoms. The van der Waals surface area contributed by atoms with E-state index in [-0.39, 0.29) is 34.4 Å². The van der Waals surface area contributed by atoms with Crippen LogP contribution in [0.2, 0.25) is 0 Å². The quantitative estimate of drug-likeness (QED) is 0.382. The van der Waals surface area contributed by atoms with Crippen molar-refractivity contribution >= 4 is 49.4 Å². The van der Waals surface area contributed by atoms with E-state index in [9.17, 15) is 18.0 Å². The molecule has 1 nitrogen and oxygen atoms in total. The number of thioether (sulfide) groups is 1. The van der Waals surface area contributed by atoms with Crippen molar-refractivity contribution in [3.05, 3.63) is 29.3 Å². The van der Waals surface area contributed by atoms with Gasteiger partial charge in [-0.1, -0.05) is 37.9 Å². The van der Waals surface area contributed by atoms with E-state index < -0.39 is 5.51 Å². The zero-order valence-corrected chi connectivity index (χ0v) is 13.0. The lowest BCUT2D eigenvalue weighted by atomic mass is 10.1. The molecule has 0 radical (unpaired) electrons. The van der Waals surface area contributed by atoms with Gasteiger partial charge in [-0.15, -0.1) is 0 Å². The minimum Gasteiger partial charge on any atom is -0.294 e. The number of rotatable bonds is 5. The van der Waals surface area contributed by atoms with E-state index in [1.165, 1.54) is 12.1 Å². The molecule has 18 heavy (non-hydrogen) atoms. The van der Waals surface area contributed by atoms with Crippen molar-refractivity contribution in [2.75, 3.05) is 5.33 Å². The number of hydrogen-bond acceptors (Lipinski definition) is 2. The molecule has 0 aliphatic rings. The predicted octanol–water partition coefficient (Wildman–Crippen LogP) is 5.16. The van der Waals surface area contributed by atoms with Gasteiger partial charge in [0.1, 0.15) is 0 Å². The van der Waals surface area contributed by atoms with Crippen molar-refractivity contribution in [3.63, 3.8) is 0 Å². The molecule has 0 aromatic heterocycles. The molecule has 1 aromatic rings. The Morgan fingerprint density at radius 3 is 2.44 bits per heavy atom. The lowest BCUT2D eigenvalue weighted by Crippen LogP contribution is -2.06. The molecule has 0 fully saturated rings. The first-order valence-corrected chi connectivity index (χ1v) is 7.97. The van der Waals surface area contributed by atoms with E-state index in [2.05, 4.69) is 31.9 Å². The van der Waals surface area contributed by atoms with Crippen molar-refractivity contribution in [1.29, 1.82) is 0 Å². The van der Waals surface area contributed by atoms with E-state index >= 15 is 0 Å². The molecule has 0 saturated carbocycles. The number of Topliss-reactive ketones (excluding diaryl/α,β-unsaturated/α-hetero) is 1. The molecule has 0 atom stereocenters. The van der Waals surface area contributed by atoms with Crippen LogP contribution in [0.1, 0.15) is 22.3 Å². The third-order valence-corrected chi connectivity index (χ3v) is 3.90. The van der Waals surface area contributed by atoms with Crippen LogP contribution in [0.4, 0.5) is 13.2 Å². The Kier molecular flexibility index (Phi) is 6.20. The van der Waals surface area contributed by atoms with Crippen molar-refractivity contribution in [1.82, 2.24) is 0 Å². The Hall–Kier alpha value is -0.0100. The molecule has 1 rings (SSSR count). The predicted molar refractivity (Wildman–Crippen MR) is 73.7 cm³/mol. The van der Waals surface area contributed by atoms with Crippen molar-refractivity contribution in [3.8, 4) is 0 Å². The van der Waals surface area contributed by atoms with Crippen LogP contribution in [0.5, 0.6) is 0 Å². The summed E-state index contributed by atoms with van der Waals surface area (Å²) in [5.41, 5.74) is -3.48. The van der Waals surface area contributed by atoms with Crippen LogP contribution in [-0.2, 0) is 5.33 Å². The van der Waals surface area contributed by atoms with Gasteiger partial charge < -0.3 is 0 Å². The van der Waals surface area contributed by atoms with E-state index in [1.54, 1.807) is 6.07 Å². The molecule has 0 bridgehead atoms. The lowest BCUT2D eigenvalue weighted by Gasteiger charge is -2.11. The van der Waals surface area contributed by atoms with Gasteiger partial charge in [0, 0.05) is 27.5 Å². The van der Waals surface area contributed by atoms with Gasteiger partial charge in [0.15, 0.2) is 5.78 Å². The molecular weight excluding hydrogens is 397 g/mol. The number of carbonyl (C=O) groups is 1. The Morgan fingerprint density at radius 1 is 1.28 bits per heavy atom. The van der Waals surface area contributed by atoms with Crippen LogP contribution in [0.25, 0.3) is 0 Å². The second kappa shape index (κ2) is 6.96. The van der Waals surface area contributed by atoms with E-state index in [0.717, 1.165) is 5.56 Å². The maximum absolute atomic E-state index is 12.4. The van der Waals surface area contributed by atoms with Crippen LogP contribution in [0.15, 0.2) is 23.1 Å². The number of ketones is 1. The summed E-state index contributed by atoms with van der Waals surface area (Å²) in [7, 11) is 0. The zero-order chi connectivity index (χ0) is 13.8. The van der Waals surface area contributed by atoms with E-state index in [0.29, 0.717) is 10.7 Å². The van der Waals surface area contributed by atoms with Crippen LogP contribution < -0.4 is 0 Å². The number of carbonyl (C=O) groups excluding carboxylic acids is 1. The molecule has 0 spiro atoms. The van der Waals surface area contributed by atoms with Crippen LogP contribution in [0.3, 0.4) is 0 Å².